The third kappa shape index (κ3) is 3.12. The topological polar surface area (TPSA) is 30.8 Å². The first-order chi connectivity index (χ1) is 6.63. The summed E-state index contributed by atoms with van der Waals surface area (Å²) in [6.45, 7) is 4.10. The van der Waals surface area contributed by atoms with Crippen LogP contribution in [0.3, 0.4) is 0 Å². The molecule has 0 N–H and O–H groups in total. The van der Waals surface area contributed by atoms with Gasteiger partial charge in [0.05, 0.1) is 11.0 Å². The summed E-state index contributed by atoms with van der Waals surface area (Å²) in [5.41, 5.74) is 2.43. The third-order valence-corrected chi connectivity index (χ3v) is 2.74. The predicted octanol–water partition coefficient (Wildman–Crippen LogP) is 2.59. The first-order valence-corrected chi connectivity index (χ1v) is 5.83. The highest BCUT2D eigenvalue weighted by molar-refractivity contribution is 7.81. The molecule has 0 radical (unpaired) electrons. The first kappa shape index (κ1) is 11.2. The van der Waals surface area contributed by atoms with Gasteiger partial charge in [0.1, 0.15) is 0 Å². The zero-order valence-corrected chi connectivity index (χ0v) is 9.72. The molecule has 0 spiro atoms. The molecule has 0 aliphatic carbocycles. The molecule has 1 aromatic carbocycles. The second-order valence-electron chi connectivity index (χ2n) is 3.00. The summed E-state index contributed by atoms with van der Waals surface area (Å²) in [5.74, 6) is 0.719. The maximum Gasteiger partial charge on any atom is 0.167 e. The summed E-state index contributed by atoms with van der Waals surface area (Å²) in [4.78, 5) is 5.11. The lowest BCUT2D eigenvalue weighted by Crippen LogP contribution is -1.99. The Balaban J connectivity index is 2.64. The second kappa shape index (κ2) is 5.12. The number of nitrogens with zero attached hydrogens (tertiary/aromatic N) is 1. The van der Waals surface area contributed by atoms with E-state index in [1.54, 1.807) is 7.05 Å². The van der Waals surface area contributed by atoms with Gasteiger partial charge in [-0.3, -0.25) is 0 Å². The van der Waals surface area contributed by atoms with E-state index < -0.39 is 11.0 Å². The maximum absolute atomic E-state index is 5.11. The molecule has 78 valence electrons. The average Bonchev–Trinajstić information content (AvgIpc) is 2.19. The van der Waals surface area contributed by atoms with Gasteiger partial charge < -0.3 is 4.89 Å². The fourth-order valence-electron chi connectivity index (χ4n) is 0.885. The standard InChI is InChI=1S/C10H15NO2S/c1-8-5-6-10(7-9(8)2)12-13-14(4)11-3/h5-7H,1-4H3. The van der Waals surface area contributed by atoms with Gasteiger partial charge in [-0.25, -0.2) is 4.36 Å². The van der Waals surface area contributed by atoms with Crippen molar-refractivity contribution in [2.24, 2.45) is 4.36 Å². The molecule has 0 fully saturated rings. The van der Waals surface area contributed by atoms with E-state index in [0.29, 0.717) is 0 Å². The van der Waals surface area contributed by atoms with Crippen molar-refractivity contribution in [2.45, 2.75) is 13.8 Å². The van der Waals surface area contributed by atoms with Crippen LogP contribution in [-0.4, -0.2) is 13.3 Å². The van der Waals surface area contributed by atoms with Crippen molar-refractivity contribution in [3.8, 4) is 5.75 Å². The molecule has 1 rings (SSSR count). The van der Waals surface area contributed by atoms with Crippen LogP contribution in [0, 0.1) is 13.8 Å². The zero-order valence-electron chi connectivity index (χ0n) is 8.90. The van der Waals surface area contributed by atoms with E-state index in [-0.39, 0.29) is 0 Å². The largest absolute Gasteiger partial charge is 0.324 e. The van der Waals surface area contributed by atoms with Crippen LogP contribution in [0.5, 0.6) is 5.75 Å². The van der Waals surface area contributed by atoms with E-state index in [9.17, 15) is 0 Å². The Morgan fingerprint density at radius 1 is 1.21 bits per heavy atom. The Morgan fingerprint density at radius 2 is 1.93 bits per heavy atom. The van der Waals surface area contributed by atoms with E-state index in [1.165, 1.54) is 11.1 Å². The normalized spacial score (nSPS) is 12.9. The summed E-state index contributed by atoms with van der Waals surface area (Å²) < 4.78 is 8.96. The molecule has 0 heterocycles. The molecule has 0 aliphatic heterocycles. The molecule has 0 bridgehead atoms. The minimum Gasteiger partial charge on any atom is -0.324 e. The van der Waals surface area contributed by atoms with Crippen LogP contribution in [-0.2, 0) is 15.3 Å². The van der Waals surface area contributed by atoms with Crippen molar-refractivity contribution in [3.63, 3.8) is 0 Å². The molecule has 0 amide bonds. The van der Waals surface area contributed by atoms with Gasteiger partial charge in [0, 0.05) is 13.3 Å². The van der Waals surface area contributed by atoms with Crippen LogP contribution in [0.4, 0.5) is 0 Å². The lowest BCUT2D eigenvalue weighted by atomic mass is 10.1. The maximum atomic E-state index is 5.11. The second-order valence-corrected chi connectivity index (χ2v) is 4.35. The van der Waals surface area contributed by atoms with Crippen molar-refractivity contribution >= 4 is 11.0 Å². The molecule has 0 saturated heterocycles. The van der Waals surface area contributed by atoms with Crippen LogP contribution in [0.25, 0.3) is 0 Å². The molecule has 0 aromatic heterocycles. The van der Waals surface area contributed by atoms with E-state index in [2.05, 4.69) is 11.3 Å². The lowest BCUT2D eigenvalue weighted by Gasteiger charge is -2.05. The Hall–Kier alpha value is -0.870. The highest BCUT2D eigenvalue weighted by Gasteiger charge is 1.98. The SMILES string of the molecule is C/N=S(\C)OOc1ccc(C)c(C)c1. The van der Waals surface area contributed by atoms with E-state index in [1.807, 2.05) is 31.4 Å². The lowest BCUT2D eigenvalue weighted by molar-refractivity contribution is -0.0813. The minimum absolute atomic E-state index is 0.487. The third-order valence-electron chi connectivity index (χ3n) is 1.96. The van der Waals surface area contributed by atoms with E-state index in [0.717, 1.165) is 5.75 Å². The van der Waals surface area contributed by atoms with Crippen LogP contribution in [0.15, 0.2) is 22.6 Å². The summed E-state index contributed by atoms with van der Waals surface area (Å²) in [6.07, 6.45) is 1.85. The Bertz CT molecular complexity index is 350. The number of hydrogen-bond acceptors (Lipinski definition) is 3. The van der Waals surface area contributed by atoms with Crippen molar-refractivity contribution in [3.05, 3.63) is 29.3 Å². The van der Waals surface area contributed by atoms with Gasteiger partial charge in [0.15, 0.2) is 5.75 Å². The van der Waals surface area contributed by atoms with Crippen molar-refractivity contribution in [1.82, 2.24) is 0 Å². The smallest absolute Gasteiger partial charge is 0.167 e. The first-order valence-electron chi connectivity index (χ1n) is 4.31. The van der Waals surface area contributed by atoms with Gasteiger partial charge >= 0.3 is 0 Å². The molecule has 3 nitrogen and oxygen atoms in total. The molecule has 0 saturated carbocycles. The molecule has 1 aromatic rings. The predicted molar refractivity (Wildman–Crippen MR) is 59.3 cm³/mol. The van der Waals surface area contributed by atoms with Crippen LogP contribution in [0.1, 0.15) is 11.1 Å². The molecule has 14 heavy (non-hydrogen) atoms. The number of benzene rings is 1. The summed E-state index contributed by atoms with van der Waals surface area (Å²) in [5, 5.41) is 0. The molecule has 1 atom stereocenters. The van der Waals surface area contributed by atoms with E-state index >= 15 is 0 Å². The summed E-state index contributed by atoms with van der Waals surface area (Å²) in [6, 6.07) is 5.84. The Labute approximate surface area is 87.3 Å². The van der Waals surface area contributed by atoms with Crippen molar-refractivity contribution in [1.29, 1.82) is 0 Å². The number of rotatable bonds is 3. The zero-order chi connectivity index (χ0) is 10.6. The van der Waals surface area contributed by atoms with Gasteiger partial charge in [-0.15, -0.1) is 4.33 Å². The monoisotopic (exact) mass is 213 g/mol. The van der Waals surface area contributed by atoms with Gasteiger partial charge in [-0.1, -0.05) is 6.07 Å². The van der Waals surface area contributed by atoms with Crippen LogP contribution >= 0.6 is 0 Å². The molecule has 1 unspecified atom stereocenters. The molecule has 4 heteroatoms. The van der Waals surface area contributed by atoms with Gasteiger partial charge in [-0.05, 0) is 37.1 Å². The van der Waals surface area contributed by atoms with Crippen molar-refractivity contribution < 1.29 is 9.22 Å². The average molecular weight is 213 g/mol. The number of aryl methyl sites for hydroxylation is 2. The highest BCUT2D eigenvalue weighted by Crippen LogP contribution is 2.16. The molecule has 0 aliphatic rings. The summed E-state index contributed by atoms with van der Waals surface area (Å²) >= 11 is 0. The highest BCUT2D eigenvalue weighted by atomic mass is 32.2. The Kier molecular flexibility index (Phi) is 4.10. The van der Waals surface area contributed by atoms with Crippen LogP contribution in [0.2, 0.25) is 0 Å². The van der Waals surface area contributed by atoms with Crippen LogP contribution < -0.4 is 4.89 Å². The molecular weight excluding hydrogens is 198 g/mol. The van der Waals surface area contributed by atoms with Gasteiger partial charge in [-0.2, -0.15) is 0 Å². The summed E-state index contributed by atoms with van der Waals surface area (Å²) in [7, 11) is 1.21. The number of hydrogen-bond donors (Lipinski definition) is 0. The fourth-order valence-corrected chi connectivity index (χ4v) is 1.12. The van der Waals surface area contributed by atoms with Crippen molar-refractivity contribution in [2.75, 3.05) is 13.3 Å². The minimum atomic E-state index is -0.487. The van der Waals surface area contributed by atoms with Gasteiger partial charge in [0.2, 0.25) is 0 Å². The Morgan fingerprint density at radius 3 is 2.50 bits per heavy atom. The molecular formula is C10H15NO2S. The van der Waals surface area contributed by atoms with E-state index in [4.69, 9.17) is 9.22 Å². The van der Waals surface area contributed by atoms with Gasteiger partial charge in [0.25, 0.3) is 0 Å². The fraction of sp³-hybridized carbons (Fsp3) is 0.400. The quantitative estimate of drug-likeness (QED) is 0.570.